The maximum absolute atomic E-state index is 11.7. The van der Waals surface area contributed by atoms with Crippen molar-refractivity contribution in [1.82, 2.24) is 20.1 Å². The van der Waals surface area contributed by atoms with Gasteiger partial charge in [-0.15, -0.1) is 0 Å². The summed E-state index contributed by atoms with van der Waals surface area (Å²) in [7, 11) is 0. The Hall–Kier alpha value is -3.54. The summed E-state index contributed by atoms with van der Waals surface area (Å²) in [4.78, 5) is 16.0. The molecule has 1 aromatic carbocycles. The van der Waals surface area contributed by atoms with Crippen LogP contribution < -0.4 is 5.32 Å². The van der Waals surface area contributed by atoms with Crippen LogP contribution in [0.25, 0.3) is 5.82 Å². The van der Waals surface area contributed by atoms with Gasteiger partial charge in [0.15, 0.2) is 5.82 Å². The molecule has 0 aliphatic carbocycles. The second-order valence-corrected chi connectivity index (χ2v) is 7.30. The maximum atomic E-state index is 11.7. The zero-order valence-electron chi connectivity index (χ0n) is 16.7. The fraction of sp³-hybridized carbons (Fsp3) is 0.273. The smallest absolute Gasteiger partial charge is 0.338 e. The van der Waals surface area contributed by atoms with Gasteiger partial charge in [-0.25, -0.2) is 14.5 Å². The molecule has 0 fully saturated rings. The lowest BCUT2D eigenvalue weighted by atomic mass is 9.95. The monoisotopic (exact) mass is 403 g/mol. The average Bonchev–Trinajstić information content (AvgIpc) is 3.35. The maximum Gasteiger partial charge on any atom is 0.338 e. The standard InChI is InChI=1S/C22H21N5O3/c1-13-5-15(6-23)8-25-21(13)27-11-16(9-26-27)7-24-10-20(28)17-3-4-18-19(14(17)2)12-30-22(18)29/h3-5,8-9,11,20,24,28H,7,10,12H2,1-2H3. The number of nitrogens with one attached hydrogen (secondary N) is 1. The van der Waals surface area contributed by atoms with Crippen LogP contribution in [-0.4, -0.2) is 32.4 Å². The highest BCUT2D eigenvalue weighted by Gasteiger charge is 2.25. The Balaban J connectivity index is 1.39. The molecule has 4 rings (SSSR count). The molecule has 8 heteroatoms. The molecule has 2 N–H and O–H groups in total. The van der Waals surface area contributed by atoms with Crippen LogP contribution in [0, 0.1) is 25.2 Å². The van der Waals surface area contributed by atoms with Crippen molar-refractivity contribution in [3.05, 3.63) is 75.7 Å². The Morgan fingerprint density at radius 3 is 2.97 bits per heavy atom. The van der Waals surface area contributed by atoms with E-state index in [0.717, 1.165) is 27.8 Å². The second kappa shape index (κ2) is 8.06. The second-order valence-electron chi connectivity index (χ2n) is 7.30. The number of pyridine rings is 1. The number of ether oxygens (including phenoxy) is 1. The molecule has 0 amide bonds. The molecule has 152 valence electrons. The number of cyclic esters (lactones) is 1. The predicted molar refractivity (Wildman–Crippen MR) is 108 cm³/mol. The van der Waals surface area contributed by atoms with Crippen molar-refractivity contribution in [2.45, 2.75) is 33.1 Å². The number of aliphatic hydroxyl groups excluding tert-OH is 1. The van der Waals surface area contributed by atoms with Gasteiger partial charge in [-0.1, -0.05) is 6.07 Å². The molecule has 3 aromatic rings. The van der Waals surface area contributed by atoms with E-state index >= 15 is 0 Å². The van der Waals surface area contributed by atoms with E-state index in [1.807, 2.05) is 20.0 Å². The zero-order chi connectivity index (χ0) is 21.3. The number of esters is 1. The lowest BCUT2D eigenvalue weighted by molar-refractivity contribution is 0.0535. The Bertz CT molecular complexity index is 1160. The summed E-state index contributed by atoms with van der Waals surface area (Å²) in [5.74, 6) is 0.363. The number of hydrogen-bond acceptors (Lipinski definition) is 7. The molecule has 0 saturated heterocycles. The topological polar surface area (TPSA) is 113 Å². The van der Waals surface area contributed by atoms with Crippen LogP contribution in [0.1, 0.15) is 49.8 Å². The van der Waals surface area contributed by atoms with E-state index in [0.29, 0.717) is 30.0 Å². The lowest BCUT2D eigenvalue weighted by Crippen LogP contribution is -2.21. The highest BCUT2D eigenvalue weighted by atomic mass is 16.5. The van der Waals surface area contributed by atoms with Crippen molar-refractivity contribution in [3.63, 3.8) is 0 Å². The van der Waals surface area contributed by atoms with E-state index in [2.05, 4.69) is 21.5 Å². The summed E-state index contributed by atoms with van der Waals surface area (Å²) in [6, 6.07) is 7.35. The first-order valence-corrected chi connectivity index (χ1v) is 9.57. The molecule has 1 atom stereocenters. The third-order valence-corrected chi connectivity index (χ3v) is 5.27. The summed E-state index contributed by atoms with van der Waals surface area (Å²) in [6.07, 6.45) is 4.42. The van der Waals surface area contributed by atoms with E-state index < -0.39 is 6.10 Å². The van der Waals surface area contributed by atoms with E-state index in [-0.39, 0.29) is 12.6 Å². The molecule has 1 unspecified atom stereocenters. The summed E-state index contributed by atoms with van der Waals surface area (Å²) in [5, 5.41) is 27.1. The number of aliphatic hydroxyl groups is 1. The van der Waals surface area contributed by atoms with Crippen molar-refractivity contribution in [2.24, 2.45) is 0 Å². The number of nitrogens with zero attached hydrogens (tertiary/aromatic N) is 4. The largest absolute Gasteiger partial charge is 0.457 e. The van der Waals surface area contributed by atoms with Gasteiger partial charge in [0.1, 0.15) is 12.7 Å². The fourth-order valence-corrected chi connectivity index (χ4v) is 3.63. The van der Waals surface area contributed by atoms with Crippen LogP contribution >= 0.6 is 0 Å². The molecule has 0 bridgehead atoms. The minimum Gasteiger partial charge on any atom is -0.457 e. The Kier molecular flexibility index (Phi) is 5.31. The number of nitriles is 1. The Labute approximate surface area is 173 Å². The number of fused-ring (bicyclic) bond motifs is 1. The van der Waals surface area contributed by atoms with Crippen LogP contribution in [0.5, 0.6) is 0 Å². The number of carbonyl (C=O) groups excluding carboxylic acids is 1. The van der Waals surface area contributed by atoms with E-state index in [9.17, 15) is 9.90 Å². The number of aryl methyl sites for hydroxylation is 1. The third-order valence-electron chi connectivity index (χ3n) is 5.27. The summed E-state index contributed by atoms with van der Waals surface area (Å²) >= 11 is 0. The van der Waals surface area contributed by atoms with Crippen molar-refractivity contribution < 1.29 is 14.6 Å². The van der Waals surface area contributed by atoms with Gasteiger partial charge >= 0.3 is 5.97 Å². The number of hydrogen-bond donors (Lipinski definition) is 2. The number of carbonyl (C=O) groups is 1. The molecular formula is C22H21N5O3. The SMILES string of the molecule is Cc1cc(C#N)cnc1-n1cc(CNCC(O)c2ccc3c(c2C)COC3=O)cn1. The minimum atomic E-state index is -0.705. The first-order chi connectivity index (χ1) is 14.5. The van der Waals surface area contributed by atoms with Gasteiger partial charge in [0.25, 0.3) is 0 Å². The van der Waals surface area contributed by atoms with Crippen LogP contribution in [0.3, 0.4) is 0 Å². The van der Waals surface area contributed by atoms with Gasteiger partial charge in [-0.2, -0.15) is 10.4 Å². The van der Waals surface area contributed by atoms with Gasteiger partial charge < -0.3 is 15.2 Å². The molecule has 2 aromatic heterocycles. The quantitative estimate of drug-likeness (QED) is 0.607. The predicted octanol–water partition coefficient (Wildman–Crippen LogP) is 2.25. The minimum absolute atomic E-state index is 0.260. The zero-order valence-corrected chi connectivity index (χ0v) is 16.7. The van der Waals surface area contributed by atoms with E-state index in [4.69, 9.17) is 10.00 Å². The van der Waals surface area contributed by atoms with Crippen LogP contribution in [0.15, 0.2) is 36.8 Å². The number of aromatic nitrogens is 3. The first-order valence-electron chi connectivity index (χ1n) is 9.57. The van der Waals surface area contributed by atoms with Gasteiger partial charge in [0.05, 0.1) is 23.4 Å². The van der Waals surface area contributed by atoms with Gasteiger partial charge in [-0.05, 0) is 42.7 Å². The van der Waals surface area contributed by atoms with Gasteiger partial charge in [0.2, 0.25) is 0 Å². The normalized spacial score (nSPS) is 13.6. The fourth-order valence-electron chi connectivity index (χ4n) is 3.63. The Morgan fingerprint density at radius 2 is 2.20 bits per heavy atom. The summed E-state index contributed by atoms with van der Waals surface area (Å²) < 4.78 is 6.74. The molecule has 8 nitrogen and oxygen atoms in total. The highest BCUT2D eigenvalue weighted by Crippen LogP contribution is 2.28. The molecule has 0 spiro atoms. The molecule has 30 heavy (non-hydrogen) atoms. The molecule has 3 heterocycles. The molecule has 1 aliphatic rings. The average molecular weight is 403 g/mol. The number of benzene rings is 1. The van der Waals surface area contributed by atoms with Crippen molar-refractivity contribution >= 4 is 5.97 Å². The van der Waals surface area contributed by atoms with Gasteiger partial charge in [0, 0.05) is 36.6 Å². The molecular weight excluding hydrogens is 382 g/mol. The van der Waals surface area contributed by atoms with Crippen molar-refractivity contribution in [1.29, 1.82) is 5.26 Å². The van der Waals surface area contributed by atoms with Crippen LogP contribution in [0.2, 0.25) is 0 Å². The van der Waals surface area contributed by atoms with Crippen molar-refractivity contribution in [2.75, 3.05) is 6.54 Å². The first kappa shape index (κ1) is 19.8. The summed E-state index contributed by atoms with van der Waals surface area (Å²) in [6.45, 7) is 4.93. The van der Waals surface area contributed by atoms with Crippen molar-refractivity contribution in [3.8, 4) is 11.9 Å². The van der Waals surface area contributed by atoms with Crippen LogP contribution in [-0.2, 0) is 17.9 Å². The van der Waals surface area contributed by atoms with E-state index in [1.165, 1.54) is 6.20 Å². The number of rotatable bonds is 6. The summed E-state index contributed by atoms with van der Waals surface area (Å²) in [5.41, 5.74) is 5.42. The molecule has 0 saturated carbocycles. The Morgan fingerprint density at radius 1 is 1.37 bits per heavy atom. The van der Waals surface area contributed by atoms with Gasteiger partial charge in [-0.3, -0.25) is 0 Å². The van der Waals surface area contributed by atoms with Crippen LogP contribution in [0.4, 0.5) is 0 Å². The molecule has 0 radical (unpaired) electrons. The lowest BCUT2D eigenvalue weighted by Gasteiger charge is -2.16. The third kappa shape index (κ3) is 3.68. The van der Waals surface area contributed by atoms with E-state index in [1.54, 1.807) is 29.1 Å². The highest BCUT2D eigenvalue weighted by molar-refractivity contribution is 5.93. The molecule has 1 aliphatic heterocycles.